The summed E-state index contributed by atoms with van der Waals surface area (Å²) in [4.78, 5) is 4.91. The zero-order valence-electron chi connectivity index (χ0n) is 19.0. The summed E-state index contributed by atoms with van der Waals surface area (Å²) in [7, 11) is 0. The second kappa shape index (κ2) is 15.9. The Morgan fingerprint density at radius 2 is 1.15 bits per heavy atom. The zero-order valence-corrected chi connectivity index (χ0v) is 19.0. The Labute approximate surface area is 164 Å². The van der Waals surface area contributed by atoms with Gasteiger partial charge in [-0.15, -0.1) is 0 Å². The Hall–Kier alpha value is -0.160. The smallest absolute Gasteiger partial charge is 0.246 e. The van der Waals surface area contributed by atoms with Crippen LogP contribution >= 0.6 is 0 Å². The summed E-state index contributed by atoms with van der Waals surface area (Å²) < 4.78 is 12.8. The van der Waals surface area contributed by atoms with Gasteiger partial charge in [0.15, 0.2) is 0 Å². The summed E-state index contributed by atoms with van der Waals surface area (Å²) in [6.07, 6.45) is 9.07. The molecule has 158 valence electrons. The van der Waals surface area contributed by atoms with E-state index in [0.29, 0.717) is 13.2 Å². The normalized spacial score (nSPS) is 13.7. The summed E-state index contributed by atoms with van der Waals surface area (Å²) in [5.41, 5.74) is 0. The highest BCUT2D eigenvalue weighted by atomic mass is 16.7. The van der Waals surface area contributed by atoms with Crippen LogP contribution in [0.4, 0.5) is 0 Å². The largest absolute Gasteiger partial charge is 0.336 e. The first-order valence-corrected chi connectivity index (χ1v) is 11.4. The van der Waals surface area contributed by atoms with Crippen molar-refractivity contribution in [3.63, 3.8) is 0 Å². The maximum Gasteiger partial charge on any atom is 0.246 e. The van der Waals surface area contributed by atoms with Gasteiger partial charge in [0, 0.05) is 26.3 Å². The fraction of sp³-hybridized carbons (Fsp3) is 1.00. The van der Waals surface area contributed by atoms with Gasteiger partial charge in [-0.3, -0.25) is 9.80 Å². The van der Waals surface area contributed by atoms with Crippen LogP contribution in [0.15, 0.2) is 0 Å². The molecule has 0 amide bonds. The molecule has 0 heterocycles. The maximum absolute atomic E-state index is 6.42. The molecule has 4 heteroatoms. The van der Waals surface area contributed by atoms with Crippen LogP contribution in [-0.4, -0.2) is 61.1 Å². The predicted octanol–water partition coefficient (Wildman–Crippen LogP) is 5.52. The number of ether oxygens (including phenoxy) is 2. The second-order valence-corrected chi connectivity index (χ2v) is 6.96. The van der Waals surface area contributed by atoms with Gasteiger partial charge in [0.1, 0.15) is 0 Å². The monoisotopic (exact) mass is 372 g/mol. The molecule has 0 aromatic carbocycles. The SMILES string of the molecule is CCCCCCCCC(N(CC)CC)C(OCC)(OCC)N(CC)CC. The molecule has 1 atom stereocenters. The summed E-state index contributed by atoms with van der Waals surface area (Å²) in [5.74, 6) is -0.636. The molecule has 0 fully saturated rings. The van der Waals surface area contributed by atoms with Crippen molar-refractivity contribution in [1.82, 2.24) is 9.80 Å². The van der Waals surface area contributed by atoms with Gasteiger partial charge in [0.05, 0.1) is 6.04 Å². The van der Waals surface area contributed by atoms with Crippen molar-refractivity contribution in [2.75, 3.05) is 39.4 Å². The number of likely N-dealkylation sites (N-methyl/N-ethyl adjacent to an activating group) is 2. The number of nitrogens with zero attached hydrogens (tertiary/aromatic N) is 2. The van der Waals surface area contributed by atoms with Crippen LogP contribution in [-0.2, 0) is 9.47 Å². The molecule has 0 aliphatic rings. The molecule has 0 rings (SSSR count). The maximum atomic E-state index is 6.42. The van der Waals surface area contributed by atoms with Crippen molar-refractivity contribution in [1.29, 1.82) is 0 Å². The van der Waals surface area contributed by atoms with Crippen LogP contribution in [0.3, 0.4) is 0 Å². The summed E-state index contributed by atoms with van der Waals surface area (Å²) >= 11 is 0. The van der Waals surface area contributed by atoms with Gasteiger partial charge in [-0.2, -0.15) is 0 Å². The van der Waals surface area contributed by atoms with Gasteiger partial charge in [0.25, 0.3) is 0 Å². The summed E-state index contributed by atoms with van der Waals surface area (Å²) in [5, 5.41) is 0. The van der Waals surface area contributed by atoms with Gasteiger partial charge < -0.3 is 9.47 Å². The van der Waals surface area contributed by atoms with Crippen molar-refractivity contribution >= 4 is 0 Å². The highest BCUT2D eigenvalue weighted by Crippen LogP contribution is 2.31. The Morgan fingerprint density at radius 3 is 1.58 bits per heavy atom. The van der Waals surface area contributed by atoms with Crippen LogP contribution in [0, 0.1) is 0 Å². The molecule has 0 aromatic rings. The molecule has 26 heavy (non-hydrogen) atoms. The standard InChI is InChI=1S/C22H48N2O2/c1-8-15-16-17-18-19-20-21(23(9-2)10-3)22(25-13-6,26-14-7)24(11-4)12-5/h21H,8-20H2,1-7H3. The van der Waals surface area contributed by atoms with Gasteiger partial charge in [-0.25, -0.2) is 0 Å². The van der Waals surface area contributed by atoms with E-state index >= 15 is 0 Å². The average molecular weight is 373 g/mol. The van der Waals surface area contributed by atoms with Crippen LogP contribution in [0.1, 0.15) is 93.4 Å². The van der Waals surface area contributed by atoms with E-state index in [0.717, 1.165) is 32.6 Å². The van der Waals surface area contributed by atoms with Crippen LogP contribution in [0.5, 0.6) is 0 Å². The number of hydrogen-bond donors (Lipinski definition) is 0. The van der Waals surface area contributed by atoms with Crippen molar-refractivity contribution in [3.8, 4) is 0 Å². The lowest BCUT2D eigenvalue weighted by atomic mass is 10.00. The van der Waals surface area contributed by atoms with Crippen molar-refractivity contribution in [2.24, 2.45) is 0 Å². The molecule has 0 radical (unpaired) electrons. The van der Waals surface area contributed by atoms with E-state index in [1.165, 1.54) is 38.5 Å². The summed E-state index contributed by atoms with van der Waals surface area (Å²) in [6, 6.07) is 0.267. The number of rotatable bonds is 18. The quantitative estimate of drug-likeness (QED) is 0.234. The van der Waals surface area contributed by atoms with E-state index < -0.39 is 5.91 Å². The molecular formula is C22H48N2O2. The first-order valence-electron chi connectivity index (χ1n) is 11.4. The highest BCUT2D eigenvalue weighted by molar-refractivity contribution is 4.88. The van der Waals surface area contributed by atoms with Gasteiger partial charge in [-0.05, 0) is 33.4 Å². The Morgan fingerprint density at radius 1 is 0.654 bits per heavy atom. The van der Waals surface area contributed by atoms with Crippen molar-refractivity contribution in [3.05, 3.63) is 0 Å². The molecule has 0 N–H and O–H groups in total. The molecule has 0 spiro atoms. The van der Waals surface area contributed by atoms with Crippen LogP contribution in [0.25, 0.3) is 0 Å². The van der Waals surface area contributed by atoms with Gasteiger partial charge in [0.2, 0.25) is 5.91 Å². The third-order valence-electron chi connectivity index (χ3n) is 5.41. The first kappa shape index (κ1) is 25.8. The Kier molecular flexibility index (Phi) is 15.8. The molecular weight excluding hydrogens is 324 g/mol. The fourth-order valence-electron chi connectivity index (χ4n) is 4.08. The molecule has 4 nitrogen and oxygen atoms in total. The highest BCUT2D eigenvalue weighted by Gasteiger charge is 2.47. The minimum Gasteiger partial charge on any atom is -0.336 e. The first-order chi connectivity index (χ1) is 12.6. The van der Waals surface area contributed by atoms with E-state index in [1.807, 2.05) is 0 Å². The van der Waals surface area contributed by atoms with E-state index in [1.54, 1.807) is 0 Å². The minimum absolute atomic E-state index is 0.267. The Balaban J connectivity index is 5.41. The zero-order chi connectivity index (χ0) is 19.8. The van der Waals surface area contributed by atoms with Crippen LogP contribution in [0.2, 0.25) is 0 Å². The van der Waals surface area contributed by atoms with E-state index in [-0.39, 0.29) is 6.04 Å². The van der Waals surface area contributed by atoms with E-state index in [4.69, 9.17) is 9.47 Å². The van der Waals surface area contributed by atoms with Gasteiger partial charge in [-0.1, -0.05) is 73.1 Å². The number of unbranched alkanes of at least 4 members (excludes halogenated alkanes) is 5. The molecule has 0 aliphatic carbocycles. The minimum atomic E-state index is -0.636. The summed E-state index contributed by atoms with van der Waals surface area (Å²) in [6.45, 7) is 20.6. The topological polar surface area (TPSA) is 24.9 Å². The van der Waals surface area contributed by atoms with Gasteiger partial charge >= 0.3 is 0 Å². The molecule has 0 aliphatic heterocycles. The molecule has 0 bridgehead atoms. The second-order valence-electron chi connectivity index (χ2n) is 6.96. The Bertz CT molecular complexity index is 299. The molecule has 1 unspecified atom stereocenters. The predicted molar refractivity (Wildman–Crippen MR) is 114 cm³/mol. The van der Waals surface area contributed by atoms with Crippen molar-refractivity contribution in [2.45, 2.75) is 105 Å². The molecule has 0 aromatic heterocycles. The lowest BCUT2D eigenvalue weighted by molar-refractivity contribution is -0.342. The molecule has 0 saturated carbocycles. The molecule has 0 saturated heterocycles. The van der Waals surface area contributed by atoms with E-state index in [9.17, 15) is 0 Å². The third-order valence-corrected chi connectivity index (χ3v) is 5.41. The van der Waals surface area contributed by atoms with Crippen LogP contribution < -0.4 is 0 Å². The van der Waals surface area contributed by atoms with E-state index in [2.05, 4.69) is 58.3 Å². The van der Waals surface area contributed by atoms with Crippen molar-refractivity contribution < 1.29 is 9.47 Å². The average Bonchev–Trinajstić information content (AvgIpc) is 2.65. The third kappa shape index (κ3) is 7.84. The number of hydrogen-bond acceptors (Lipinski definition) is 4. The lowest BCUT2D eigenvalue weighted by Crippen LogP contribution is -2.65. The fourth-order valence-corrected chi connectivity index (χ4v) is 4.08. The lowest BCUT2D eigenvalue weighted by Gasteiger charge is -2.50.